The molecule has 0 aliphatic rings. The molecule has 0 bridgehead atoms. The van der Waals surface area contributed by atoms with E-state index < -0.39 is 0 Å². The molecule has 0 aliphatic heterocycles. The average Bonchev–Trinajstić information content (AvgIpc) is 3.20. The molecule has 6 heteroatoms. The molecular formula is C20H25N3O2S. The summed E-state index contributed by atoms with van der Waals surface area (Å²) in [5.41, 5.74) is 1.54. The van der Waals surface area contributed by atoms with Crippen molar-refractivity contribution >= 4 is 32.6 Å². The number of carbonyl (C=O) groups is 1. The minimum Gasteiger partial charge on any atom is -0.466 e. The topological polar surface area (TPSA) is 49.6 Å². The smallest absolute Gasteiger partial charge is 0.263 e. The van der Waals surface area contributed by atoms with E-state index in [4.69, 9.17) is 9.40 Å². The zero-order valence-electron chi connectivity index (χ0n) is 15.8. The number of anilines is 1. The minimum absolute atomic E-state index is 0.0504. The SMILES string of the molecule is CCN(CC)CCN(C(=O)c1cc(C)oc1C)c1nc2ccccc2s1. The lowest BCUT2D eigenvalue weighted by molar-refractivity contribution is 0.0982. The lowest BCUT2D eigenvalue weighted by Crippen LogP contribution is -2.39. The van der Waals surface area contributed by atoms with Gasteiger partial charge in [-0.25, -0.2) is 4.98 Å². The minimum atomic E-state index is -0.0504. The summed E-state index contributed by atoms with van der Waals surface area (Å²) in [6.45, 7) is 11.3. The lowest BCUT2D eigenvalue weighted by Gasteiger charge is -2.24. The standard InChI is InChI=1S/C20H25N3O2S/c1-5-22(6-2)11-12-23(19(24)16-13-14(3)25-15(16)4)20-21-17-9-7-8-10-18(17)26-20/h7-10,13H,5-6,11-12H2,1-4H3. The lowest BCUT2D eigenvalue weighted by atomic mass is 10.2. The summed E-state index contributed by atoms with van der Waals surface area (Å²) in [6.07, 6.45) is 0. The van der Waals surface area contributed by atoms with E-state index in [1.54, 1.807) is 16.2 Å². The third-order valence-corrected chi connectivity index (χ3v) is 5.62. The molecule has 138 valence electrons. The van der Waals surface area contributed by atoms with E-state index in [1.165, 1.54) is 0 Å². The van der Waals surface area contributed by atoms with Gasteiger partial charge >= 0.3 is 0 Å². The van der Waals surface area contributed by atoms with Gasteiger partial charge in [0.25, 0.3) is 5.91 Å². The molecule has 0 spiro atoms. The zero-order valence-corrected chi connectivity index (χ0v) is 16.6. The van der Waals surface area contributed by atoms with E-state index in [-0.39, 0.29) is 5.91 Å². The summed E-state index contributed by atoms with van der Waals surface area (Å²) < 4.78 is 6.66. The van der Waals surface area contributed by atoms with E-state index in [0.29, 0.717) is 17.9 Å². The van der Waals surface area contributed by atoms with Crippen LogP contribution in [-0.4, -0.2) is 42.0 Å². The Morgan fingerprint density at radius 3 is 2.50 bits per heavy atom. The van der Waals surface area contributed by atoms with Gasteiger partial charge in [-0.3, -0.25) is 9.69 Å². The van der Waals surface area contributed by atoms with Crippen molar-refractivity contribution in [3.63, 3.8) is 0 Å². The van der Waals surface area contributed by atoms with Gasteiger partial charge in [0.1, 0.15) is 11.5 Å². The third-order valence-electron chi connectivity index (χ3n) is 4.56. The van der Waals surface area contributed by atoms with Crippen molar-refractivity contribution in [3.05, 3.63) is 47.4 Å². The maximum Gasteiger partial charge on any atom is 0.263 e. The molecule has 0 fully saturated rings. The predicted molar refractivity (Wildman–Crippen MR) is 107 cm³/mol. The van der Waals surface area contributed by atoms with E-state index in [0.717, 1.165) is 40.7 Å². The molecular weight excluding hydrogens is 346 g/mol. The summed E-state index contributed by atoms with van der Waals surface area (Å²) in [5.74, 6) is 1.35. The van der Waals surface area contributed by atoms with E-state index in [1.807, 2.05) is 44.2 Å². The monoisotopic (exact) mass is 371 g/mol. The van der Waals surface area contributed by atoms with Crippen LogP contribution in [0.4, 0.5) is 5.13 Å². The number of rotatable bonds is 7. The molecule has 0 unspecified atom stereocenters. The highest BCUT2D eigenvalue weighted by Gasteiger charge is 2.24. The number of hydrogen-bond acceptors (Lipinski definition) is 5. The number of likely N-dealkylation sites (N-methyl/N-ethyl adjacent to an activating group) is 1. The fourth-order valence-electron chi connectivity index (χ4n) is 3.03. The number of hydrogen-bond donors (Lipinski definition) is 0. The molecule has 26 heavy (non-hydrogen) atoms. The van der Waals surface area contributed by atoms with Gasteiger partial charge in [-0.05, 0) is 45.1 Å². The molecule has 2 aromatic heterocycles. The highest BCUT2D eigenvalue weighted by molar-refractivity contribution is 7.22. The average molecular weight is 372 g/mol. The van der Waals surface area contributed by atoms with Crippen LogP contribution >= 0.6 is 11.3 Å². The number of benzene rings is 1. The molecule has 1 aromatic carbocycles. The highest BCUT2D eigenvalue weighted by atomic mass is 32.1. The Morgan fingerprint density at radius 1 is 1.15 bits per heavy atom. The zero-order chi connectivity index (χ0) is 18.7. The second kappa shape index (κ2) is 8.01. The fourth-order valence-corrected chi connectivity index (χ4v) is 4.02. The largest absolute Gasteiger partial charge is 0.466 e. The van der Waals surface area contributed by atoms with Crippen molar-refractivity contribution in [2.24, 2.45) is 0 Å². The Bertz CT molecular complexity index is 862. The Balaban J connectivity index is 1.95. The van der Waals surface area contributed by atoms with E-state index in [2.05, 4.69) is 18.7 Å². The molecule has 0 radical (unpaired) electrons. The summed E-state index contributed by atoms with van der Waals surface area (Å²) in [4.78, 5) is 22.1. The van der Waals surface area contributed by atoms with Gasteiger partial charge in [-0.2, -0.15) is 0 Å². The second-order valence-corrected chi connectivity index (χ2v) is 7.28. The Kier molecular flexibility index (Phi) is 5.74. The van der Waals surface area contributed by atoms with Crippen molar-refractivity contribution < 1.29 is 9.21 Å². The van der Waals surface area contributed by atoms with Crippen molar-refractivity contribution in [1.82, 2.24) is 9.88 Å². The summed E-state index contributed by atoms with van der Waals surface area (Å²) in [6, 6.07) is 9.80. The molecule has 2 heterocycles. The summed E-state index contributed by atoms with van der Waals surface area (Å²) >= 11 is 1.55. The normalized spacial score (nSPS) is 11.4. The number of aromatic nitrogens is 1. The van der Waals surface area contributed by atoms with Crippen molar-refractivity contribution in [3.8, 4) is 0 Å². The Labute approximate surface area is 158 Å². The van der Waals surface area contributed by atoms with Crippen LogP contribution in [0.1, 0.15) is 35.7 Å². The van der Waals surface area contributed by atoms with Gasteiger partial charge in [-0.1, -0.05) is 37.3 Å². The van der Waals surface area contributed by atoms with Crippen molar-refractivity contribution in [2.75, 3.05) is 31.1 Å². The molecule has 5 nitrogen and oxygen atoms in total. The van der Waals surface area contributed by atoms with Gasteiger partial charge in [-0.15, -0.1) is 0 Å². The molecule has 0 saturated heterocycles. The van der Waals surface area contributed by atoms with Crippen LogP contribution < -0.4 is 4.90 Å². The highest BCUT2D eigenvalue weighted by Crippen LogP contribution is 2.30. The first-order valence-corrected chi connectivity index (χ1v) is 9.82. The first kappa shape index (κ1) is 18.6. The molecule has 0 saturated carbocycles. The van der Waals surface area contributed by atoms with Gasteiger partial charge in [0.2, 0.25) is 0 Å². The molecule has 3 rings (SSSR count). The third kappa shape index (κ3) is 3.81. The quantitative estimate of drug-likeness (QED) is 0.614. The predicted octanol–water partition coefficient (Wildman–Crippen LogP) is 4.49. The number of amides is 1. The van der Waals surface area contributed by atoms with Crippen molar-refractivity contribution in [1.29, 1.82) is 0 Å². The molecule has 0 aliphatic carbocycles. The Hall–Kier alpha value is -2.18. The molecule has 0 atom stereocenters. The van der Waals surface area contributed by atoms with Gasteiger partial charge < -0.3 is 9.32 Å². The summed E-state index contributed by atoms with van der Waals surface area (Å²) in [5, 5.41) is 0.738. The van der Waals surface area contributed by atoms with Gasteiger partial charge in [0.05, 0.1) is 15.8 Å². The molecule has 0 N–H and O–H groups in total. The maximum absolute atomic E-state index is 13.3. The molecule has 3 aromatic rings. The van der Waals surface area contributed by atoms with Crippen LogP contribution in [0.2, 0.25) is 0 Å². The van der Waals surface area contributed by atoms with Crippen LogP contribution in [0, 0.1) is 13.8 Å². The number of furan rings is 1. The first-order chi connectivity index (χ1) is 12.5. The number of fused-ring (bicyclic) bond motifs is 1. The first-order valence-electron chi connectivity index (χ1n) is 9.00. The van der Waals surface area contributed by atoms with Crippen LogP contribution in [0.25, 0.3) is 10.2 Å². The second-order valence-electron chi connectivity index (χ2n) is 6.27. The summed E-state index contributed by atoms with van der Waals surface area (Å²) in [7, 11) is 0. The van der Waals surface area contributed by atoms with Crippen LogP contribution in [0.3, 0.4) is 0 Å². The van der Waals surface area contributed by atoms with Crippen LogP contribution in [0.5, 0.6) is 0 Å². The Morgan fingerprint density at radius 2 is 1.88 bits per heavy atom. The van der Waals surface area contributed by atoms with Crippen LogP contribution in [-0.2, 0) is 0 Å². The number of carbonyl (C=O) groups excluding carboxylic acids is 1. The number of nitrogens with zero attached hydrogens (tertiary/aromatic N) is 3. The number of aryl methyl sites for hydroxylation is 2. The van der Waals surface area contributed by atoms with Crippen molar-refractivity contribution in [2.45, 2.75) is 27.7 Å². The number of thiazole rings is 1. The van der Waals surface area contributed by atoms with E-state index >= 15 is 0 Å². The van der Waals surface area contributed by atoms with Gasteiger partial charge in [0, 0.05) is 13.1 Å². The van der Waals surface area contributed by atoms with E-state index in [9.17, 15) is 4.79 Å². The fraction of sp³-hybridized carbons (Fsp3) is 0.400. The molecule has 1 amide bonds. The van der Waals surface area contributed by atoms with Crippen LogP contribution in [0.15, 0.2) is 34.7 Å². The van der Waals surface area contributed by atoms with Gasteiger partial charge in [0.15, 0.2) is 5.13 Å². The maximum atomic E-state index is 13.3. The number of para-hydroxylation sites is 1.